The van der Waals surface area contributed by atoms with E-state index in [-0.39, 0.29) is 11.8 Å². The van der Waals surface area contributed by atoms with Crippen LogP contribution in [0, 0.1) is 11.8 Å². The number of hydrogen-bond donors (Lipinski definition) is 1. The van der Waals surface area contributed by atoms with Crippen molar-refractivity contribution in [3.63, 3.8) is 0 Å². The molecule has 1 aromatic rings. The van der Waals surface area contributed by atoms with Gasteiger partial charge in [-0.3, -0.25) is 9.59 Å². The van der Waals surface area contributed by atoms with E-state index in [4.69, 9.17) is 11.6 Å². The Kier molecular flexibility index (Phi) is 7.13. The number of amides is 2. The summed E-state index contributed by atoms with van der Waals surface area (Å²) in [5.41, 5.74) is 0.859. The first kappa shape index (κ1) is 20.2. The van der Waals surface area contributed by atoms with Crippen LogP contribution in [-0.4, -0.2) is 60.9 Å². The summed E-state index contributed by atoms with van der Waals surface area (Å²) in [4.78, 5) is 29.0. The summed E-state index contributed by atoms with van der Waals surface area (Å²) in [5.74, 6) is 1.31. The van der Waals surface area contributed by atoms with E-state index >= 15 is 0 Å². The van der Waals surface area contributed by atoms with Crippen LogP contribution in [0.1, 0.15) is 31.7 Å². The number of rotatable bonds is 5. The Morgan fingerprint density at radius 1 is 1.15 bits per heavy atom. The van der Waals surface area contributed by atoms with Crippen LogP contribution < -0.4 is 5.32 Å². The lowest BCUT2D eigenvalue weighted by molar-refractivity contribution is -0.140. The van der Waals surface area contributed by atoms with Crippen molar-refractivity contribution < 1.29 is 9.59 Å². The zero-order valence-electron chi connectivity index (χ0n) is 16.1. The van der Waals surface area contributed by atoms with Crippen LogP contribution in [0.15, 0.2) is 24.3 Å². The molecule has 0 radical (unpaired) electrons. The minimum absolute atomic E-state index is 0.0804. The number of piperazine rings is 1. The number of benzene rings is 1. The summed E-state index contributed by atoms with van der Waals surface area (Å²) >= 11 is 6.16. The molecule has 0 bridgehead atoms. The molecule has 2 saturated heterocycles. The quantitative estimate of drug-likeness (QED) is 0.839. The van der Waals surface area contributed by atoms with E-state index in [9.17, 15) is 9.59 Å². The Bertz CT molecular complexity index is 653. The van der Waals surface area contributed by atoms with Gasteiger partial charge in [0.1, 0.15) is 0 Å². The summed E-state index contributed by atoms with van der Waals surface area (Å²) in [6.45, 7) is 6.79. The van der Waals surface area contributed by atoms with Gasteiger partial charge in [-0.1, -0.05) is 36.7 Å². The van der Waals surface area contributed by atoms with Crippen LogP contribution in [0.5, 0.6) is 0 Å². The number of hydrogen-bond acceptors (Lipinski definition) is 3. The number of halogens is 1. The molecule has 2 unspecified atom stereocenters. The third-order valence-corrected chi connectivity index (χ3v) is 6.29. The monoisotopic (exact) mass is 391 g/mol. The molecule has 0 spiro atoms. The zero-order valence-corrected chi connectivity index (χ0v) is 16.9. The van der Waals surface area contributed by atoms with E-state index in [0.717, 1.165) is 18.7 Å². The van der Waals surface area contributed by atoms with Crippen molar-refractivity contribution in [2.45, 2.75) is 32.6 Å². The maximum Gasteiger partial charge on any atom is 0.227 e. The van der Waals surface area contributed by atoms with Crippen molar-refractivity contribution in [1.82, 2.24) is 15.1 Å². The fourth-order valence-electron chi connectivity index (χ4n) is 4.06. The molecular formula is C21H30ClN3O2. The topological polar surface area (TPSA) is 52.7 Å². The Labute approximate surface area is 167 Å². The molecule has 3 rings (SSSR count). The molecule has 5 nitrogen and oxygen atoms in total. The van der Waals surface area contributed by atoms with Gasteiger partial charge < -0.3 is 15.1 Å². The van der Waals surface area contributed by atoms with Crippen LogP contribution in [0.2, 0.25) is 5.02 Å². The van der Waals surface area contributed by atoms with Crippen LogP contribution in [0.3, 0.4) is 0 Å². The molecule has 2 amide bonds. The first-order valence-electron chi connectivity index (χ1n) is 10.0. The Morgan fingerprint density at radius 2 is 1.81 bits per heavy atom. The van der Waals surface area contributed by atoms with Gasteiger partial charge in [-0.2, -0.15) is 0 Å². The molecule has 0 saturated carbocycles. The molecule has 27 heavy (non-hydrogen) atoms. The molecule has 6 heteroatoms. The van der Waals surface area contributed by atoms with E-state index in [0.29, 0.717) is 55.9 Å². The Morgan fingerprint density at radius 3 is 2.44 bits per heavy atom. The highest BCUT2D eigenvalue weighted by Crippen LogP contribution is 2.23. The highest BCUT2D eigenvalue weighted by atomic mass is 35.5. The Balaban J connectivity index is 1.44. The van der Waals surface area contributed by atoms with Crippen molar-refractivity contribution in [2.75, 3.05) is 39.3 Å². The van der Waals surface area contributed by atoms with Gasteiger partial charge in [0, 0.05) is 37.6 Å². The maximum atomic E-state index is 12.6. The second-order valence-corrected chi connectivity index (χ2v) is 8.22. The molecule has 2 aliphatic rings. The average molecular weight is 392 g/mol. The third-order valence-electron chi connectivity index (χ3n) is 5.92. The minimum Gasteiger partial charge on any atom is -0.339 e. The van der Waals surface area contributed by atoms with Gasteiger partial charge in [-0.05, 0) is 49.4 Å². The number of carbonyl (C=O) groups is 2. The fraction of sp³-hybridized carbons (Fsp3) is 0.619. The fourth-order valence-corrected chi connectivity index (χ4v) is 4.26. The zero-order chi connectivity index (χ0) is 19.2. The number of carbonyl (C=O) groups excluding carboxylic acids is 2. The first-order valence-corrected chi connectivity index (χ1v) is 10.4. The van der Waals surface area contributed by atoms with Gasteiger partial charge in [0.2, 0.25) is 11.8 Å². The van der Waals surface area contributed by atoms with Gasteiger partial charge in [0.05, 0.1) is 6.42 Å². The average Bonchev–Trinajstić information content (AvgIpc) is 2.70. The molecule has 2 atom stereocenters. The van der Waals surface area contributed by atoms with Gasteiger partial charge in [0.15, 0.2) is 0 Å². The van der Waals surface area contributed by atoms with E-state index < -0.39 is 0 Å². The smallest absolute Gasteiger partial charge is 0.227 e. The van der Waals surface area contributed by atoms with Crippen LogP contribution >= 0.6 is 11.6 Å². The van der Waals surface area contributed by atoms with E-state index in [1.807, 2.05) is 34.1 Å². The summed E-state index contributed by atoms with van der Waals surface area (Å²) in [7, 11) is 0. The van der Waals surface area contributed by atoms with Crippen LogP contribution in [0.4, 0.5) is 0 Å². The molecule has 2 heterocycles. The minimum atomic E-state index is 0.0804. The predicted molar refractivity (Wildman–Crippen MR) is 108 cm³/mol. The standard InChI is InChI=1S/C21H30ClN3O2/c1-16(18-6-4-8-23-15-18)13-20(26)24-9-11-25(12-10-24)21(27)14-17-5-2-3-7-19(17)22/h2-3,5,7,16,18,23H,4,6,8-15H2,1H3. The van der Waals surface area contributed by atoms with Crippen molar-refractivity contribution in [1.29, 1.82) is 0 Å². The molecule has 1 aromatic carbocycles. The van der Waals surface area contributed by atoms with Crippen molar-refractivity contribution >= 4 is 23.4 Å². The molecule has 148 valence electrons. The highest BCUT2D eigenvalue weighted by molar-refractivity contribution is 6.31. The van der Waals surface area contributed by atoms with Crippen molar-refractivity contribution in [3.05, 3.63) is 34.9 Å². The van der Waals surface area contributed by atoms with E-state index in [1.54, 1.807) is 0 Å². The predicted octanol–water partition coefficient (Wildman–Crippen LogP) is 2.58. The Hall–Kier alpha value is -1.59. The van der Waals surface area contributed by atoms with Gasteiger partial charge in [0.25, 0.3) is 0 Å². The first-order chi connectivity index (χ1) is 13.0. The SMILES string of the molecule is CC(CC(=O)N1CCN(C(=O)Cc2ccccc2Cl)CC1)C1CCCNC1. The lowest BCUT2D eigenvalue weighted by atomic mass is 9.85. The van der Waals surface area contributed by atoms with E-state index in [1.165, 1.54) is 12.8 Å². The van der Waals surface area contributed by atoms with Gasteiger partial charge >= 0.3 is 0 Å². The lowest BCUT2D eigenvalue weighted by Gasteiger charge is -2.36. The molecule has 1 N–H and O–H groups in total. The summed E-state index contributed by atoms with van der Waals surface area (Å²) in [6.07, 6.45) is 3.35. The largest absolute Gasteiger partial charge is 0.339 e. The third kappa shape index (κ3) is 5.45. The molecule has 0 aromatic heterocycles. The van der Waals surface area contributed by atoms with Crippen LogP contribution in [-0.2, 0) is 16.0 Å². The lowest BCUT2D eigenvalue weighted by Crippen LogP contribution is -2.51. The second-order valence-electron chi connectivity index (χ2n) is 7.82. The number of nitrogens with one attached hydrogen (secondary N) is 1. The molecule has 2 aliphatic heterocycles. The van der Waals surface area contributed by atoms with Gasteiger partial charge in [-0.15, -0.1) is 0 Å². The normalized spacial score (nSPS) is 21.8. The number of piperidine rings is 1. The van der Waals surface area contributed by atoms with Gasteiger partial charge in [-0.25, -0.2) is 0 Å². The molecule has 0 aliphatic carbocycles. The van der Waals surface area contributed by atoms with E-state index in [2.05, 4.69) is 12.2 Å². The number of nitrogens with zero attached hydrogens (tertiary/aromatic N) is 2. The second kappa shape index (κ2) is 9.56. The van der Waals surface area contributed by atoms with Crippen LogP contribution in [0.25, 0.3) is 0 Å². The summed E-state index contributed by atoms with van der Waals surface area (Å²) in [6, 6.07) is 7.46. The van der Waals surface area contributed by atoms with Crippen molar-refractivity contribution in [3.8, 4) is 0 Å². The van der Waals surface area contributed by atoms with Crippen molar-refractivity contribution in [2.24, 2.45) is 11.8 Å². The summed E-state index contributed by atoms with van der Waals surface area (Å²) in [5, 5.41) is 4.06. The summed E-state index contributed by atoms with van der Waals surface area (Å²) < 4.78 is 0. The molecule has 2 fully saturated rings. The molecular weight excluding hydrogens is 362 g/mol. The maximum absolute atomic E-state index is 12.6. The highest BCUT2D eigenvalue weighted by Gasteiger charge is 2.27.